The number of rotatable bonds is 3. The lowest BCUT2D eigenvalue weighted by atomic mass is 10.1. The van der Waals surface area contributed by atoms with E-state index in [4.69, 9.17) is 4.74 Å². The molecule has 1 N–H and O–H groups in total. The third-order valence-corrected chi connectivity index (χ3v) is 3.30. The highest BCUT2D eigenvalue weighted by molar-refractivity contribution is 5.94. The highest BCUT2D eigenvalue weighted by atomic mass is 19.4. The van der Waals surface area contributed by atoms with Gasteiger partial charge in [0.05, 0.1) is 11.7 Å². The summed E-state index contributed by atoms with van der Waals surface area (Å²) >= 11 is 0. The summed E-state index contributed by atoms with van der Waals surface area (Å²) < 4.78 is 56.3. The van der Waals surface area contributed by atoms with Gasteiger partial charge in [-0.1, -0.05) is 0 Å². The van der Waals surface area contributed by atoms with Crippen LogP contribution >= 0.6 is 0 Å². The van der Waals surface area contributed by atoms with E-state index in [0.717, 1.165) is 25.3 Å². The summed E-state index contributed by atoms with van der Waals surface area (Å²) in [6, 6.07) is 2.20. The van der Waals surface area contributed by atoms with Gasteiger partial charge < -0.3 is 10.1 Å². The van der Waals surface area contributed by atoms with Crippen LogP contribution in [0.25, 0.3) is 0 Å². The summed E-state index contributed by atoms with van der Waals surface area (Å²) in [6.07, 6.45) is -2.18. The quantitative estimate of drug-likeness (QED) is 0.871. The van der Waals surface area contributed by atoms with Gasteiger partial charge in [0, 0.05) is 18.7 Å². The molecule has 0 bridgehead atoms. The first-order chi connectivity index (χ1) is 9.88. The van der Waals surface area contributed by atoms with Gasteiger partial charge in [0.15, 0.2) is 0 Å². The third-order valence-electron chi connectivity index (χ3n) is 3.30. The zero-order chi connectivity index (χ0) is 15.5. The third kappa shape index (κ3) is 4.17. The fourth-order valence-corrected chi connectivity index (χ4v) is 2.16. The first-order valence-corrected chi connectivity index (χ1v) is 6.64. The second-order valence-electron chi connectivity index (χ2n) is 4.89. The average molecular weight is 305 g/mol. The van der Waals surface area contributed by atoms with Crippen LogP contribution in [0.15, 0.2) is 18.2 Å². The molecule has 1 unspecified atom stereocenters. The number of halogens is 4. The molecule has 0 saturated carbocycles. The SMILES string of the molecule is O=C(NCC1CCCCO1)c1ccc(F)c(C(F)(F)F)c1. The van der Waals surface area contributed by atoms with E-state index >= 15 is 0 Å². The highest BCUT2D eigenvalue weighted by Crippen LogP contribution is 2.31. The summed E-state index contributed by atoms with van der Waals surface area (Å²) in [5, 5.41) is 2.51. The number of alkyl halides is 3. The molecule has 0 aliphatic carbocycles. The Morgan fingerprint density at radius 1 is 1.33 bits per heavy atom. The van der Waals surface area contributed by atoms with Gasteiger partial charge in [-0.15, -0.1) is 0 Å². The smallest absolute Gasteiger partial charge is 0.376 e. The largest absolute Gasteiger partial charge is 0.419 e. The zero-order valence-corrected chi connectivity index (χ0v) is 11.2. The van der Waals surface area contributed by atoms with Crippen LogP contribution in [0.1, 0.15) is 35.2 Å². The van der Waals surface area contributed by atoms with E-state index in [1.165, 1.54) is 0 Å². The topological polar surface area (TPSA) is 38.3 Å². The van der Waals surface area contributed by atoms with Gasteiger partial charge in [-0.3, -0.25) is 4.79 Å². The molecule has 0 radical (unpaired) electrons. The molecule has 1 aromatic carbocycles. The highest BCUT2D eigenvalue weighted by Gasteiger charge is 2.34. The van der Waals surface area contributed by atoms with Gasteiger partial charge in [-0.25, -0.2) is 4.39 Å². The summed E-state index contributed by atoms with van der Waals surface area (Å²) in [5.41, 5.74) is -1.66. The van der Waals surface area contributed by atoms with E-state index in [9.17, 15) is 22.4 Å². The van der Waals surface area contributed by atoms with E-state index < -0.39 is 23.5 Å². The number of ether oxygens (including phenoxy) is 1. The van der Waals surface area contributed by atoms with Crippen molar-refractivity contribution in [2.24, 2.45) is 0 Å². The maximum atomic E-state index is 13.1. The molecule has 1 aromatic rings. The predicted molar refractivity (Wildman–Crippen MR) is 67.3 cm³/mol. The molecular weight excluding hydrogens is 290 g/mol. The number of benzene rings is 1. The number of carbonyl (C=O) groups excluding carboxylic acids is 1. The number of hydrogen-bond donors (Lipinski definition) is 1. The van der Waals surface area contributed by atoms with E-state index in [0.29, 0.717) is 18.7 Å². The molecule has 3 nitrogen and oxygen atoms in total. The van der Waals surface area contributed by atoms with Crippen molar-refractivity contribution >= 4 is 5.91 Å². The van der Waals surface area contributed by atoms with Crippen LogP contribution in [0.2, 0.25) is 0 Å². The van der Waals surface area contributed by atoms with Crippen molar-refractivity contribution in [2.75, 3.05) is 13.2 Å². The average Bonchev–Trinajstić information content (AvgIpc) is 2.45. The first-order valence-electron chi connectivity index (χ1n) is 6.64. The molecule has 1 saturated heterocycles. The molecule has 7 heteroatoms. The van der Waals surface area contributed by atoms with Crippen LogP contribution in [0, 0.1) is 5.82 Å². The minimum Gasteiger partial charge on any atom is -0.376 e. The maximum Gasteiger partial charge on any atom is 0.419 e. The maximum absolute atomic E-state index is 13.1. The van der Waals surface area contributed by atoms with Gasteiger partial charge in [0.25, 0.3) is 5.91 Å². The molecule has 1 atom stereocenters. The fourth-order valence-electron chi connectivity index (χ4n) is 2.16. The Bertz CT molecular complexity index is 510. The van der Waals surface area contributed by atoms with Crippen molar-refractivity contribution in [1.82, 2.24) is 5.32 Å². The van der Waals surface area contributed by atoms with Crippen LogP contribution < -0.4 is 5.32 Å². The van der Waals surface area contributed by atoms with Crippen LogP contribution in [-0.2, 0) is 10.9 Å². The van der Waals surface area contributed by atoms with Crippen molar-refractivity contribution < 1.29 is 27.1 Å². The monoisotopic (exact) mass is 305 g/mol. The zero-order valence-electron chi connectivity index (χ0n) is 11.2. The van der Waals surface area contributed by atoms with Gasteiger partial charge in [-0.2, -0.15) is 13.2 Å². The molecular formula is C14H15F4NO2. The number of nitrogens with one attached hydrogen (secondary N) is 1. The van der Waals surface area contributed by atoms with Crippen molar-refractivity contribution in [1.29, 1.82) is 0 Å². The number of amides is 1. The van der Waals surface area contributed by atoms with E-state index in [1.807, 2.05) is 0 Å². The van der Waals surface area contributed by atoms with Crippen molar-refractivity contribution in [2.45, 2.75) is 31.5 Å². The minimum absolute atomic E-state index is 0.120. The van der Waals surface area contributed by atoms with Crippen LogP contribution in [0.3, 0.4) is 0 Å². The fraction of sp³-hybridized carbons (Fsp3) is 0.500. The standard InChI is InChI=1S/C14H15F4NO2/c15-12-5-4-9(7-11(12)14(16,17)18)13(20)19-8-10-3-1-2-6-21-10/h4-5,7,10H,1-3,6,8H2,(H,19,20). The van der Waals surface area contributed by atoms with Gasteiger partial charge >= 0.3 is 6.18 Å². The lowest BCUT2D eigenvalue weighted by Crippen LogP contribution is -2.35. The second-order valence-corrected chi connectivity index (χ2v) is 4.89. The predicted octanol–water partition coefficient (Wildman–Crippen LogP) is 3.14. The van der Waals surface area contributed by atoms with Gasteiger partial charge in [-0.05, 0) is 37.5 Å². The Kier molecular flexibility index (Phi) is 4.82. The normalized spacial score (nSPS) is 19.3. The van der Waals surface area contributed by atoms with Crippen LogP contribution in [-0.4, -0.2) is 25.2 Å². The van der Waals surface area contributed by atoms with Crippen molar-refractivity contribution in [3.8, 4) is 0 Å². The number of hydrogen-bond acceptors (Lipinski definition) is 2. The number of carbonyl (C=O) groups is 1. The van der Waals surface area contributed by atoms with Crippen molar-refractivity contribution in [3.05, 3.63) is 35.1 Å². The lowest BCUT2D eigenvalue weighted by molar-refractivity contribution is -0.140. The van der Waals surface area contributed by atoms with Crippen molar-refractivity contribution in [3.63, 3.8) is 0 Å². The molecule has 21 heavy (non-hydrogen) atoms. The molecule has 0 spiro atoms. The van der Waals surface area contributed by atoms with E-state index in [1.54, 1.807) is 0 Å². The second kappa shape index (κ2) is 6.43. The Hall–Kier alpha value is -1.63. The first kappa shape index (κ1) is 15.8. The molecule has 1 fully saturated rings. The van der Waals surface area contributed by atoms with Gasteiger partial charge in [0.2, 0.25) is 0 Å². The molecule has 1 aliphatic heterocycles. The van der Waals surface area contributed by atoms with Crippen LogP contribution in [0.4, 0.5) is 17.6 Å². The molecule has 2 rings (SSSR count). The van der Waals surface area contributed by atoms with E-state index in [-0.39, 0.29) is 18.2 Å². The Morgan fingerprint density at radius 3 is 2.71 bits per heavy atom. The van der Waals surface area contributed by atoms with E-state index in [2.05, 4.69) is 5.32 Å². The summed E-state index contributed by atoms with van der Waals surface area (Å²) in [5.74, 6) is -2.07. The molecule has 0 aromatic heterocycles. The molecule has 116 valence electrons. The van der Waals surface area contributed by atoms with Crippen LogP contribution in [0.5, 0.6) is 0 Å². The Balaban J connectivity index is 2.02. The summed E-state index contributed by atoms with van der Waals surface area (Å²) in [4.78, 5) is 11.8. The molecule has 1 heterocycles. The Morgan fingerprint density at radius 2 is 2.10 bits per heavy atom. The van der Waals surface area contributed by atoms with Gasteiger partial charge in [0.1, 0.15) is 5.82 Å². The Labute approximate surface area is 119 Å². The molecule has 1 amide bonds. The minimum atomic E-state index is -4.83. The summed E-state index contributed by atoms with van der Waals surface area (Å²) in [6.45, 7) is 0.854. The molecule has 1 aliphatic rings. The lowest BCUT2D eigenvalue weighted by Gasteiger charge is -2.22. The summed E-state index contributed by atoms with van der Waals surface area (Å²) in [7, 11) is 0.